The number of hydrogen-bond acceptors (Lipinski definition) is 4. The van der Waals surface area contributed by atoms with Crippen molar-refractivity contribution in [1.29, 1.82) is 0 Å². The molecule has 0 aliphatic carbocycles. The molecule has 1 aliphatic heterocycles. The first-order chi connectivity index (χ1) is 13.1. The van der Waals surface area contributed by atoms with E-state index in [1.807, 2.05) is 38.1 Å². The molecule has 1 unspecified atom stereocenters. The molecule has 0 saturated heterocycles. The standard InChI is InChI=1S/C21H26N2O4S/c1-13(2)16-8-6-7-15(4)20(16)22-21(24)19-12-23(28(5,25)26)17-11-14(3)9-10-18(17)27-19/h6-11,13,19H,12H2,1-5H3,(H,22,24). The van der Waals surface area contributed by atoms with Crippen molar-refractivity contribution in [3.8, 4) is 5.75 Å². The van der Waals surface area contributed by atoms with E-state index in [9.17, 15) is 13.2 Å². The molecule has 1 heterocycles. The largest absolute Gasteiger partial charge is 0.476 e. The fourth-order valence-electron chi connectivity index (χ4n) is 3.36. The van der Waals surface area contributed by atoms with Gasteiger partial charge in [0.1, 0.15) is 5.75 Å². The molecule has 0 saturated carbocycles. The number of fused-ring (bicyclic) bond motifs is 1. The van der Waals surface area contributed by atoms with E-state index in [-0.39, 0.29) is 18.4 Å². The van der Waals surface area contributed by atoms with Crippen LogP contribution in [0.4, 0.5) is 11.4 Å². The Morgan fingerprint density at radius 1 is 1.21 bits per heavy atom. The van der Waals surface area contributed by atoms with E-state index in [1.54, 1.807) is 12.1 Å². The second-order valence-corrected chi connectivity index (χ2v) is 9.46. The monoisotopic (exact) mass is 402 g/mol. The molecule has 0 fully saturated rings. The van der Waals surface area contributed by atoms with Crippen LogP contribution in [0.1, 0.15) is 36.5 Å². The van der Waals surface area contributed by atoms with Gasteiger partial charge in [0.15, 0.2) is 6.10 Å². The third-order valence-corrected chi connectivity index (χ3v) is 6.00. The van der Waals surface area contributed by atoms with Crippen molar-refractivity contribution in [3.05, 3.63) is 53.1 Å². The van der Waals surface area contributed by atoms with Gasteiger partial charge >= 0.3 is 0 Å². The van der Waals surface area contributed by atoms with Crippen molar-refractivity contribution >= 4 is 27.3 Å². The lowest BCUT2D eigenvalue weighted by molar-refractivity contribution is -0.122. The smallest absolute Gasteiger partial charge is 0.267 e. The number of nitrogens with one attached hydrogen (secondary N) is 1. The van der Waals surface area contributed by atoms with Crippen LogP contribution < -0.4 is 14.4 Å². The van der Waals surface area contributed by atoms with Gasteiger partial charge in [0.2, 0.25) is 10.0 Å². The molecule has 0 aromatic heterocycles. The minimum Gasteiger partial charge on any atom is -0.476 e. The van der Waals surface area contributed by atoms with Crippen molar-refractivity contribution in [3.63, 3.8) is 0 Å². The highest BCUT2D eigenvalue weighted by molar-refractivity contribution is 7.92. The molecule has 0 spiro atoms. The first-order valence-electron chi connectivity index (χ1n) is 9.23. The predicted molar refractivity (Wildman–Crippen MR) is 112 cm³/mol. The van der Waals surface area contributed by atoms with Gasteiger partial charge in [-0.25, -0.2) is 8.42 Å². The highest BCUT2D eigenvalue weighted by atomic mass is 32.2. The Bertz CT molecular complexity index is 1020. The number of carbonyl (C=O) groups excluding carboxylic acids is 1. The summed E-state index contributed by atoms with van der Waals surface area (Å²) in [5.74, 6) is 0.256. The Morgan fingerprint density at radius 3 is 2.57 bits per heavy atom. The van der Waals surface area contributed by atoms with E-state index in [4.69, 9.17) is 4.74 Å². The fraction of sp³-hybridized carbons (Fsp3) is 0.381. The van der Waals surface area contributed by atoms with Crippen molar-refractivity contribution in [2.24, 2.45) is 0 Å². The van der Waals surface area contributed by atoms with E-state index < -0.39 is 16.1 Å². The van der Waals surface area contributed by atoms with E-state index in [2.05, 4.69) is 19.2 Å². The van der Waals surface area contributed by atoms with E-state index in [1.165, 1.54) is 4.31 Å². The molecule has 1 N–H and O–H groups in total. The van der Waals surface area contributed by atoms with Gasteiger partial charge in [-0.15, -0.1) is 0 Å². The molecule has 7 heteroatoms. The van der Waals surface area contributed by atoms with Gasteiger partial charge in [-0.3, -0.25) is 9.10 Å². The second kappa shape index (κ2) is 7.47. The molecule has 28 heavy (non-hydrogen) atoms. The Balaban J connectivity index is 1.93. The van der Waals surface area contributed by atoms with Crippen LogP contribution in [0.3, 0.4) is 0 Å². The molecule has 2 aromatic rings. The number of amides is 1. The predicted octanol–water partition coefficient (Wildman–Crippen LogP) is 3.59. The summed E-state index contributed by atoms with van der Waals surface area (Å²) in [6.45, 7) is 7.87. The van der Waals surface area contributed by atoms with Gasteiger partial charge in [0, 0.05) is 5.69 Å². The van der Waals surface area contributed by atoms with Crippen LogP contribution in [-0.2, 0) is 14.8 Å². The van der Waals surface area contributed by atoms with Crippen molar-refractivity contribution in [2.45, 2.75) is 39.7 Å². The minimum absolute atomic E-state index is 0.0655. The second-order valence-electron chi connectivity index (χ2n) is 7.55. The van der Waals surface area contributed by atoms with Gasteiger partial charge in [-0.05, 0) is 48.6 Å². The number of sulfonamides is 1. The van der Waals surface area contributed by atoms with Crippen LogP contribution in [0.2, 0.25) is 0 Å². The first-order valence-corrected chi connectivity index (χ1v) is 11.1. The van der Waals surface area contributed by atoms with Crippen LogP contribution in [-0.4, -0.2) is 33.2 Å². The zero-order valence-electron chi connectivity index (χ0n) is 16.8. The lowest BCUT2D eigenvalue weighted by Gasteiger charge is -2.34. The number of ether oxygens (including phenoxy) is 1. The number of aryl methyl sites for hydroxylation is 2. The van der Waals surface area contributed by atoms with Gasteiger partial charge in [-0.2, -0.15) is 0 Å². The average Bonchev–Trinajstić information content (AvgIpc) is 2.61. The number of anilines is 2. The van der Waals surface area contributed by atoms with Crippen LogP contribution in [0.15, 0.2) is 36.4 Å². The summed E-state index contributed by atoms with van der Waals surface area (Å²) in [6, 6.07) is 11.2. The number of rotatable bonds is 4. The quantitative estimate of drug-likeness (QED) is 0.848. The van der Waals surface area contributed by atoms with Crippen LogP contribution >= 0.6 is 0 Å². The van der Waals surface area contributed by atoms with Gasteiger partial charge in [-0.1, -0.05) is 38.1 Å². The summed E-state index contributed by atoms with van der Waals surface area (Å²) >= 11 is 0. The highest BCUT2D eigenvalue weighted by Gasteiger charge is 2.35. The van der Waals surface area contributed by atoms with E-state index in [0.29, 0.717) is 11.4 Å². The number of carbonyl (C=O) groups is 1. The topological polar surface area (TPSA) is 75.7 Å². The molecule has 0 bridgehead atoms. The Kier molecular flexibility index (Phi) is 5.39. The number of hydrogen-bond donors (Lipinski definition) is 1. The summed E-state index contributed by atoms with van der Waals surface area (Å²) in [7, 11) is -3.55. The molecular weight excluding hydrogens is 376 g/mol. The first kappa shape index (κ1) is 20.2. The molecule has 1 atom stereocenters. The van der Waals surface area contributed by atoms with Gasteiger partial charge in [0.25, 0.3) is 5.91 Å². The average molecular weight is 403 g/mol. The molecule has 150 valence electrons. The molecular formula is C21H26N2O4S. The van der Waals surface area contributed by atoms with Crippen molar-refractivity contribution < 1.29 is 17.9 Å². The fourth-order valence-corrected chi connectivity index (χ4v) is 4.26. The van der Waals surface area contributed by atoms with Crippen LogP contribution in [0, 0.1) is 13.8 Å². The zero-order chi connectivity index (χ0) is 20.6. The summed E-state index contributed by atoms with van der Waals surface area (Å²) in [4.78, 5) is 13.0. The normalized spacial score (nSPS) is 16.5. The molecule has 2 aromatic carbocycles. The molecule has 1 amide bonds. The molecule has 0 radical (unpaired) electrons. The molecule has 3 rings (SSSR count). The summed E-state index contributed by atoms with van der Waals surface area (Å²) in [6.07, 6.45) is 0.196. The van der Waals surface area contributed by atoms with Gasteiger partial charge in [0.05, 0.1) is 18.5 Å². The minimum atomic E-state index is -3.55. The third-order valence-electron chi connectivity index (χ3n) is 4.85. The Morgan fingerprint density at radius 2 is 1.93 bits per heavy atom. The SMILES string of the molecule is Cc1ccc2c(c1)N(S(C)(=O)=O)CC(C(=O)Nc1c(C)cccc1C(C)C)O2. The maximum Gasteiger partial charge on any atom is 0.267 e. The van der Waals surface area contributed by atoms with Crippen LogP contribution in [0.5, 0.6) is 5.75 Å². The Hall–Kier alpha value is -2.54. The lowest BCUT2D eigenvalue weighted by Crippen LogP contribution is -2.48. The maximum atomic E-state index is 13.0. The molecule has 1 aliphatic rings. The van der Waals surface area contributed by atoms with Crippen molar-refractivity contribution in [2.75, 3.05) is 22.4 Å². The lowest BCUT2D eigenvalue weighted by atomic mass is 9.98. The van der Waals surface area contributed by atoms with E-state index in [0.717, 1.165) is 28.6 Å². The summed E-state index contributed by atoms with van der Waals surface area (Å²) in [5, 5.41) is 2.96. The third kappa shape index (κ3) is 3.99. The molecule has 6 nitrogen and oxygen atoms in total. The van der Waals surface area contributed by atoms with E-state index >= 15 is 0 Å². The van der Waals surface area contributed by atoms with Crippen LogP contribution in [0.25, 0.3) is 0 Å². The Labute approximate surface area is 166 Å². The summed E-state index contributed by atoms with van der Waals surface area (Å²) in [5.41, 5.74) is 4.11. The number of para-hydroxylation sites is 1. The maximum absolute atomic E-state index is 13.0. The van der Waals surface area contributed by atoms with Crippen molar-refractivity contribution in [1.82, 2.24) is 0 Å². The highest BCUT2D eigenvalue weighted by Crippen LogP contribution is 2.36. The summed E-state index contributed by atoms with van der Waals surface area (Å²) < 4.78 is 31.8. The van der Waals surface area contributed by atoms with Gasteiger partial charge < -0.3 is 10.1 Å². The number of nitrogens with zero attached hydrogens (tertiary/aromatic N) is 1. The number of benzene rings is 2. The zero-order valence-corrected chi connectivity index (χ0v) is 17.6.